The molecule has 0 fully saturated rings. The molecule has 0 aliphatic carbocycles. The van der Waals surface area contributed by atoms with Crippen molar-refractivity contribution in [1.82, 2.24) is 14.8 Å². The SMILES string of the molecule is CCn1cc(NS(=O)(=O)c2ccnc(NN)c2)cn1. The average Bonchev–Trinajstić information content (AvgIpc) is 2.85. The van der Waals surface area contributed by atoms with Crippen LogP contribution in [0.15, 0.2) is 35.6 Å². The van der Waals surface area contributed by atoms with Crippen LogP contribution in [-0.2, 0) is 16.6 Å². The first-order valence-corrected chi connectivity index (χ1v) is 7.01. The highest BCUT2D eigenvalue weighted by Gasteiger charge is 2.15. The zero-order chi connectivity index (χ0) is 13.9. The Morgan fingerprint density at radius 1 is 1.47 bits per heavy atom. The average molecular weight is 282 g/mol. The number of hydrogen-bond acceptors (Lipinski definition) is 6. The molecule has 0 saturated heterocycles. The van der Waals surface area contributed by atoms with Crippen LogP contribution in [0.2, 0.25) is 0 Å². The van der Waals surface area contributed by atoms with Gasteiger partial charge in [0.2, 0.25) is 0 Å². The van der Waals surface area contributed by atoms with E-state index in [0.717, 1.165) is 0 Å². The third-order valence-electron chi connectivity index (χ3n) is 2.40. The summed E-state index contributed by atoms with van der Waals surface area (Å²) in [5, 5.41) is 3.99. The van der Waals surface area contributed by atoms with Gasteiger partial charge in [0.15, 0.2) is 0 Å². The first-order valence-electron chi connectivity index (χ1n) is 5.53. The van der Waals surface area contributed by atoms with E-state index in [4.69, 9.17) is 5.84 Å². The Labute approximate surface area is 110 Å². The van der Waals surface area contributed by atoms with Crippen molar-refractivity contribution in [3.8, 4) is 0 Å². The number of nitrogens with one attached hydrogen (secondary N) is 2. The molecule has 0 radical (unpaired) electrons. The summed E-state index contributed by atoms with van der Waals surface area (Å²) in [5.74, 6) is 5.47. The second-order valence-corrected chi connectivity index (χ2v) is 5.39. The maximum absolute atomic E-state index is 12.1. The normalized spacial score (nSPS) is 11.3. The third kappa shape index (κ3) is 3.01. The number of nitrogens with zero attached hydrogens (tertiary/aromatic N) is 3. The van der Waals surface area contributed by atoms with E-state index in [1.165, 1.54) is 24.5 Å². The lowest BCUT2D eigenvalue weighted by Crippen LogP contribution is -2.14. The Morgan fingerprint density at radius 3 is 2.89 bits per heavy atom. The molecule has 0 unspecified atom stereocenters. The van der Waals surface area contributed by atoms with E-state index < -0.39 is 10.0 Å². The molecule has 19 heavy (non-hydrogen) atoms. The minimum absolute atomic E-state index is 0.0692. The molecule has 0 aromatic carbocycles. The van der Waals surface area contributed by atoms with Crippen LogP contribution in [0.4, 0.5) is 11.5 Å². The van der Waals surface area contributed by atoms with E-state index in [2.05, 4.69) is 20.2 Å². The van der Waals surface area contributed by atoms with Crippen molar-refractivity contribution >= 4 is 21.5 Å². The molecule has 0 aliphatic heterocycles. The van der Waals surface area contributed by atoms with Gasteiger partial charge >= 0.3 is 0 Å². The molecule has 9 heteroatoms. The molecule has 4 N–H and O–H groups in total. The summed E-state index contributed by atoms with van der Waals surface area (Å²) in [6.45, 7) is 2.57. The van der Waals surface area contributed by atoms with Crippen molar-refractivity contribution in [1.29, 1.82) is 0 Å². The number of aromatic nitrogens is 3. The van der Waals surface area contributed by atoms with Crippen LogP contribution in [-0.4, -0.2) is 23.2 Å². The Balaban J connectivity index is 2.26. The molecule has 0 spiro atoms. The van der Waals surface area contributed by atoms with Gasteiger partial charge in [-0.3, -0.25) is 9.40 Å². The molecule has 0 amide bonds. The zero-order valence-corrected chi connectivity index (χ0v) is 11.1. The number of pyridine rings is 1. The lowest BCUT2D eigenvalue weighted by Gasteiger charge is -2.06. The molecule has 2 rings (SSSR count). The minimum atomic E-state index is -3.68. The van der Waals surface area contributed by atoms with Gasteiger partial charge in [0.25, 0.3) is 10.0 Å². The monoisotopic (exact) mass is 282 g/mol. The molecule has 8 nitrogen and oxygen atoms in total. The first-order chi connectivity index (χ1) is 9.05. The lowest BCUT2D eigenvalue weighted by molar-refractivity contribution is 0.601. The number of nitrogens with two attached hydrogens (primary N) is 1. The summed E-state index contributed by atoms with van der Waals surface area (Å²) >= 11 is 0. The summed E-state index contributed by atoms with van der Waals surface area (Å²) in [4.78, 5) is 3.92. The van der Waals surface area contributed by atoms with Crippen LogP contribution in [0, 0.1) is 0 Å². The van der Waals surface area contributed by atoms with Crippen molar-refractivity contribution in [3.63, 3.8) is 0 Å². The summed E-state index contributed by atoms with van der Waals surface area (Å²) in [6, 6.07) is 2.72. The van der Waals surface area contributed by atoms with E-state index in [9.17, 15) is 8.42 Å². The highest BCUT2D eigenvalue weighted by molar-refractivity contribution is 7.92. The highest BCUT2D eigenvalue weighted by Crippen LogP contribution is 2.16. The molecule has 2 aromatic rings. The van der Waals surface area contributed by atoms with Crippen LogP contribution in [0.3, 0.4) is 0 Å². The van der Waals surface area contributed by atoms with Crippen molar-refractivity contribution < 1.29 is 8.42 Å². The molecule has 2 aromatic heterocycles. The summed E-state index contributed by atoms with van der Waals surface area (Å²) in [6.07, 6.45) is 4.42. The van der Waals surface area contributed by atoms with Crippen LogP contribution in [0.5, 0.6) is 0 Å². The smallest absolute Gasteiger partial charge is 0.262 e. The Morgan fingerprint density at radius 2 is 2.26 bits per heavy atom. The van der Waals surface area contributed by atoms with E-state index >= 15 is 0 Å². The van der Waals surface area contributed by atoms with Gasteiger partial charge in [0.1, 0.15) is 5.82 Å². The second kappa shape index (κ2) is 5.24. The Hall–Kier alpha value is -2.13. The van der Waals surface area contributed by atoms with E-state index in [-0.39, 0.29) is 10.7 Å². The van der Waals surface area contributed by atoms with Gasteiger partial charge in [0.05, 0.1) is 16.8 Å². The van der Waals surface area contributed by atoms with Gasteiger partial charge in [-0.15, -0.1) is 0 Å². The fourth-order valence-corrected chi connectivity index (χ4v) is 2.50. The van der Waals surface area contributed by atoms with E-state index in [0.29, 0.717) is 12.2 Å². The van der Waals surface area contributed by atoms with Crippen LogP contribution >= 0.6 is 0 Å². The number of aryl methyl sites for hydroxylation is 1. The lowest BCUT2D eigenvalue weighted by atomic mass is 10.5. The van der Waals surface area contributed by atoms with Gasteiger partial charge in [0, 0.05) is 25.0 Å². The quantitative estimate of drug-likeness (QED) is 0.539. The number of hydrazine groups is 1. The molecule has 102 valence electrons. The summed E-state index contributed by atoms with van der Waals surface area (Å²) in [5.41, 5.74) is 2.70. The van der Waals surface area contributed by atoms with E-state index in [1.54, 1.807) is 10.9 Å². The first kappa shape index (κ1) is 13.3. The van der Waals surface area contributed by atoms with Crippen molar-refractivity contribution in [2.45, 2.75) is 18.4 Å². The summed E-state index contributed by atoms with van der Waals surface area (Å²) in [7, 11) is -3.68. The van der Waals surface area contributed by atoms with Gasteiger partial charge in [-0.2, -0.15) is 5.10 Å². The minimum Gasteiger partial charge on any atom is -0.308 e. The van der Waals surface area contributed by atoms with Crippen LogP contribution in [0.25, 0.3) is 0 Å². The zero-order valence-electron chi connectivity index (χ0n) is 10.2. The summed E-state index contributed by atoms with van der Waals surface area (Å²) < 4.78 is 28.3. The number of rotatable bonds is 5. The largest absolute Gasteiger partial charge is 0.308 e. The number of hydrogen-bond donors (Lipinski definition) is 3. The van der Waals surface area contributed by atoms with Crippen molar-refractivity contribution in [2.75, 3.05) is 10.1 Å². The fourth-order valence-electron chi connectivity index (χ4n) is 1.46. The van der Waals surface area contributed by atoms with Gasteiger partial charge < -0.3 is 5.43 Å². The van der Waals surface area contributed by atoms with Crippen molar-refractivity contribution in [3.05, 3.63) is 30.7 Å². The molecular formula is C10H14N6O2S. The molecule has 0 saturated carbocycles. The second-order valence-electron chi connectivity index (χ2n) is 3.71. The predicted molar refractivity (Wildman–Crippen MR) is 70.8 cm³/mol. The molecule has 0 bridgehead atoms. The number of anilines is 2. The molecule has 0 atom stereocenters. The van der Waals surface area contributed by atoms with Crippen molar-refractivity contribution in [2.24, 2.45) is 5.84 Å². The molecule has 2 heterocycles. The Bertz CT molecular complexity index is 666. The van der Waals surface area contributed by atoms with Gasteiger partial charge in [-0.05, 0) is 13.0 Å². The van der Waals surface area contributed by atoms with E-state index in [1.807, 2.05) is 6.92 Å². The van der Waals surface area contributed by atoms with Crippen LogP contribution in [0.1, 0.15) is 6.92 Å². The standard InChI is InChI=1S/C10H14N6O2S/c1-2-16-7-8(6-13-16)15-19(17,18)9-3-4-12-10(5-9)14-11/h3-7,15H,2,11H2,1H3,(H,12,14). The van der Waals surface area contributed by atoms with Gasteiger partial charge in [-0.1, -0.05) is 0 Å². The molecular weight excluding hydrogens is 268 g/mol. The fraction of sp³-hybridized carbons (Fsp3) is 0.200. The maximum Gasteiger partial charge on any atom is 0.262 e. The Kier molecular flexibility index (Phi) is 3.67. The highest BCUT2D eigenvalue weighted by atomic mass is 32.2. The predicted octanol–water partition coefficient (Wildman–Crippen LogP) is 0.384. The van der Waals surface area contributed by atoms with Gasteiger partial charge in [-0.25, -0.2) is 19.2 Å². The molecule has 0 aliphatic rings. The topological polar surface area (TPSA) is 115 Å². The number of sulfonamides is 1. The third-order valence-corrected chi connectivity index (χ3v) is 3.78. The van der Waals surface area contributed by atoms with Crippen LogP contribution < -0.4 is 16.0 Å². The number of nitrogen functional groups attached to an aromatic ring is 1. The maximum atomic E-state index is 12.1.